The minimum atomic E-state index is 0.465. The summed E-state index contributed by atoms with van der Waals surface area (Å²) in [6, 6.07) is 9.45. The molecule has 0 saturated carbocycles. The number of aromatic nitrogens is 1. The van der Waals surface area contributed by atoms with Gasteiger partial charge in [-0.15, -0.1) is 0 Å². The highest BCUT2D eigenvalue weighted by Gasteiger charge is 2.02. The molecule has 0 spiro atoms. The minimum absolute atomic E-state index is 0.465. The highest BCUT2D eigenvalue weighted by molar-refractivity contribution is 9.11. The van der Waals surface area contributed by atoms with Crippen LogP contribution in [0.15, 0.2) is 45.5 Å². The molecule has 0 fully saturated rings. The van der Waals surface area contributed by atoms with E-state index in [1.54, 1.807) is 12.3 Å². The number of hydrogen-bond acceptors (Lipinski definition) is 3. The first-order valence-electron chi connectivity index (χ1n) is 4.93. The van der Waals surface area contributed by atoms with Crippen molar-refractivity contribution >= 4 is 37.7 Å². The third kappa shape index (κ3) is 3.44. The standard InChI is InChI=1S/C12H10Br2N2O/c13-9-1-2-11(10(14)6-9)17-7-8-3-4-16-12(15)5-8/h1-6H,7H2,(H2,15,16). The molecule has 5 heteroatoms. The van der Waals surface area contributed by atoms with Crippen molar-refractivity contribution in [2.75, 3.05) is 5.73 Å². The predicted molar refractivity (Wildman–Crippen MR) is 74.8 cm³/mol. The normalized spacial score (nSPS) is 10.2. The molecule has 0 aliphatic heterocycles. The average Bonchev–Trinajstić information content (AvgIpc) is 2.28. The van der Waals surface area contributed by atoms with Crippen LogP contribution in [0.3, 0.4) is 0 Å². The zero-order chi connectivity index (χ0) is 12.3. The molecular formula is C12H10Br2N2O. The fourth-order valence-corrected chi connectivity index (χ4v) is 2.50. The average molecular weight is 358 g/mol. The van der Waals surface area contributed by atoms with Crippen molar-refractivity contribution in [3.63, 3.8) is 0 Å². The molecule has 1 heterocycles. The molecule has 0 aliphatic carbocycles. The van der Waals surface area contributed by atoms with Crippen molar-refractivity contribution in [3.05, 3.63) is 51.0 Å². The summed E-state index contributed by atoms with van der Waals surface area (Å²) >= 11 is 6.83. The van der Waals surface area contributed by atoms with Gasteiger partial charge in [0.05, 0.1) is 4.47 Å². The molecule has 17 heavy (non-hydrogen) atoms. The summed E-state index contributed by atoms with van der Waals surface area (Å²) in [5.74, 6) is 1.30. The fraction of sp³-hybridized carbons (Fsp3) is 0.0833. The molecule has 0 bridgehead atoms. The largest absolute Gasteiger partial charge is 0.488 e. The third-order valence-electron chi connectivity index (χ3n) is 2.13. The van der Waals surface area contributed by atoms with Crippen LogP contribution in [-0.4, -0.2) is 4.98 Å². The van der Waals surface area contributed by atoms with E-state index in [4.69, 9.17) is 10.5 Å². The first-order chi connectivity index (χ1) is 8.15. The number of nitrogens with zero attached hydrogens (tertiary/aromatic N) is 1. The van der Waals surface area contributed by atoms with Crippen LogP contribution < -0.4 is 10.5 Å². The van der Waals surface area contributed by atoms with Gasteiger partial charge in [0, 0.05) is 10.7 Å². The Morgan fingerprint density at radius 1 is 1.18 bits per heavy atom. The maximum atomic E-state index is 5.68. The van der Waals surface area contributed by atoms with Crippen molar-refractivity contribution in [2.24, 2.45) is 0 Å². The monoisotopic (exact) mass is 356 g/mol. The number of nitrogen functional groups attached to an aromatic ring is 1. The Morgan fingerprint density at radius 3 is 2.71 bits per heavy atom. The highest BCUT2D eigenvalue weighted by atomic mass is 79.9. The van der Waals surface area contributed by atoms with Gasteiger partial charge in [-0.2, -0.15) is 0 Å². The summed E-state index contributed by atoms with van der Waals surface area (Å²) in [5, 5.41) is 0. The number of benzene rings is 1. The van der Waals surface area contributed by atoms with Crippen LogP contribution in [0.25, 0.3) is 0 Å². The number of halogens is 2. The van der Waals surface area contributed by atoms with Crippen molar-refractivity contribution in [2.45, 2.75) is 6.61 Å². The molecule has 2 N–H and O–H groups in total. The van der Waals surface area contributed by atoms with Gasteiger partial charge in [0.2, 0.25) is 0 Å². The second kappa shape index (κ2) is 5.51. The molecule has 1 aromatic heterocycles. The van der Waals surface area contributed by atoms with Crippen molar-refractivity contribution in [1.29, 1.82) is 0 Å². The van der Waals surface area contributed by atoms with Crippen molar-refractivity contribution in [1.82, 2.24) is 4.98 Å². The number of anilines is 1. The van der Waals surface area contributed by atoms with Gasteiger partial charge in [-0.1, -0.05) is 15.9 Å². The lowest BCUT2D eigenvalue weighted by Gasteiger charge is -2.08. The first-order valence-corrected chi connectivity index (χ1v) is 6.52. The Kier molecular flexibility index (Phi) is 4.02. The van der Waals surface area contributed by atoms with E-state index in [0.29, 0.717) is 12.4 Å². The zero-order valence-electron chi connectivity index (χ0n) is 8.86. The highest BCUT2D eigenvalue weighted by Crippen LogP contribution is 2.28. The molecular weight excluding hydrogens is 348 g/mol. The van der Waals surface area contributed by atoms with E-state index in [0.717, 1.165) is 20.3 Å². The topological polar surface area (TPSA) is 48.1 Å². The summed E-state index contributed by atoms with van der Waals surface area (Å²) in [4.78, 5) is 3.93. The summed E-state index contributed by atoms with van der Waals surface area (Å²) < 4.78 is 7.60. The van der Waals surface area contributed by atoms with Crippen LogP contribution in [0.2, 0.25) is 0 Å². The lowest BCUT2D eigenvalue weighted by molar-refractivity contribution is 0.304. The van der Waals surface area contributed by atoms with Crippen LogP contribution in [0.4, 0.5) is 5.82 Å². The molecule has 1 aromatic carbocycles. The van der Waals surface area contributed by atoms with Crippen LogP contribution in [0.1, 0.15) is 5.56 Å². The SMILES string of the molecule is Nc1cc(COc2ccc(Br)cc2Br)ccn1. The van der Waals surface area contributed by atoms with Crippen LogP contribution in [0, 0.1) is 0 Å². The maximum absolute atomic E-state index is 5.68. The summed E-state index contributed by atoms with van der Waals surface area (Å²) in [6.45, 7) is 0.465. The van der Waals surface area contributed by atoms with E-state index in [1.807, 2.05) is 24.3 Å². The van der Waals surface area contributed by atoms with Gasteiger partial charge in [0.15, 0.2) is 0 Å². The number of pyridine rings is 1. The van der Waals surface area contributed by atoms with E-state index in [-0.39, 0.29) is 0 Å². The third-order valence-corrected chi connectivity index (χ3v) is 3.25. The van der Waals surface area contributed by atoms with E-state index >= 15 is 0 Å². The predicted octanol–water partition coefficient (Wildman–Crippen LogP) is 3.77. The summed E-state index contributed by atoms with van der Waals surface area (Å²) in [6.07, 6.45) is 1.67. The zero-order valence-corrected chi connectivity index (χ0v) is 12.0. The maximum Gasteiger partial charge on any atom is 0.134 e. The Labute approximate surface area is 116 Å². The van der Waals surface area contributed by atoms with E-state index in [9.17, 15) is 0 Å². The van der Waals surface area contributed by atoms with E-state index in [2.05, 4.69) is 36.8 Å². The molecule has 0 radical (unpaired) electrons. The first kappa shape index (κ1) is 12.4. The lowest BCUT2D eigenvalue weighted by Crippen LogP contribution is -1.98. The lowest BCUT2D eigenvalue weighted by atomic mass is 10.3. The van der Waals surface area contributed by atoms with E-state index < -0.39 is 0 Å². The fourth-order valence-electron chi connectivity index (χ4n) is 1.34. The van der Waals surface area contributed by atoms with Crippen LogP contribution >= 0.6 is 31.9 Å². The molecule has 0 aliphatic rings. The number of hydrogen-bond donors (Lipinski definition) is 1. The second-order valence-corrected chi connectivity index (χ2v) is 5.22. The molecule has 0 atom stereocenters. The molecule has 0 unspecified atom stereocenters. The van der Waals surface area contributed by atoms with Crippen molar-refractivity contribution < 1.29 is 4.74 Å². The Hall–Kier alpha value is -1.07. The summed E-state index contributed by atoms with van der Waals surface area (Å²) in [5.41, 5.74) is 6.59. The number of rotatable bonds is 3. The van der Waals surface area contributed by atoms with Gasteiger partial charge in [0.1, 0.15) is 18.2 Å². The Morgan fingerprint density at radius 2 is 2.00 bits per heavy atom. The molecule has 2 aromatic rings. The quantitative estimate of drug-likeness (QED) is 0.909. The van der Waals surface area contributed by atoms with Gasteiger partial charge < -0.3 is 10.5 Å². The molecule has 0 saturated heterocycles. The van der Waals surface area contributed by atoms with Gasteiger partial charge >= 0.3 is 0 Å². The van der Waals surface area contributed by atoms with Crippen molar-refractivity contribution in [3.8, 4) is 5.75 Å². The van der Waals surface area contributed by atoms with Crippen LogP contribution in [0.5, 0.6) is 5.75 Å². The minimum Gasteiger partial charge on any atom is -0.488 e. The Bertz CT molecular complexity index is 532. The van der Waals surface area contributed by atoms with E-state index in [1.165, 1.54) is 0 Å². The Balaban J connectivity index is 2.07. The molecule has 88 valence electrons. The van der Waals surface area contributed by atoms with Gasteiger partial charge in [-0.05, 0) is 51.8 Å². The second-order valence-electron chi connectivity index (χ2n) is 3.45. The number of ether oxygens (including phenoxy) is 1. The van der Waals surface area contributed by atoms with Crippen LogP contribution in [-0.2, 0) is 6.61 Å². The molecule has 3 nitrogen and oxygen atoms in total. The van der Waals surface area contributed by atoms with Gasteiger partial charge in [-0.3, -0.25) is 0 Å². The molecule has 0 amide bonds. The van der Waals surface area contributed by atoms with Gasteiger partial charge in [-0.25, -0.2) is 4.98 Å². The number of nitrogens with two attached hydrogens (primary N) is 1. The van der Waals surface area contributed by atoms with Gasteiger partial charge in [0.25, 0.3) is 0 Å². The molecule has 2 rings (SSSR count). The smallest absolute Gasteiger partial charge is 0.134 e. The summed E-state index contributed by atoms with van der Waals surface area (Å²) in [7, 11) is 0.